The zero-order valence-electron chi connectivity index (χ0n) is 34.4. The molecule has 2 aliphatic rings. The van der Waals surface area contributed by atoms with Gasteiger partial charge in [-0.15, -0.1) is 13.2 Å². The lowest BCUT2D eigenvalue weighted by molar-refractivity contribution is -0.142. The minimum atomic E-state index is -1.27. The third-order valence-corrected chi connectivity index (χ3v) is 10.8. The van der Waals surface area contributed by atoms with Crippen LogP contribution in [0, 0.1) is 5.92 Å². The number of ether oxygens (including phenoxy) is 1. The van der Waals surface area contributed by atoms with E-state index in [0.717, 1.165) is 22.3 Å². The number of hydrogen-bond acceptors (Lipinski definition) is 9. The Morgan fingerprint density at radius 1 is 0.918 bits per heavy atom. The molecule has 1 saturated heterocycles. The van der Waals surface area contributed by atoms with Crippen molar-refractivity contribution in [2.45, 2.75) is 115 Å². The normalized spacial score (nSPS) is 16.2. The SMILES string of the molecule is C.C=CC[C@H](NC(=O)[C@H](CCCN=C(N)N)CC(=O)[C@H](CCC(C)(C)O)NC(=O)C1CCCN1C(=O)[C@H](CC=C)NC(=O)OCC1c2ccccc2-c2ccccc21)C(=O)O. The molecule has 1 unspecified atom stereocenters. The minimum absolute atomic E-state index is 0. The molecule has 16 nitrogen and oxygen atoms in total. The molecule has 4 rings (SSSR count). The molecule has 0 radical (unpaired) electrons. The summed E-state index contributed by atoms with van der Waals surface area (Å²) in [6.45, 7) is 10.8. The predicted molar refractivity (Wildman–Crippen MR) is 233 cm³/mol. The number of hydrogen-bond donors (Lipinski definition) is 7. The fraction of sp³-hybridized carbons (Fsp3) is 0.489. The Morgan fingerprint density at radius 3 is 2.10 bits per heavy atom. The molecule has 1 aliphatic heterocycles. The average Bonchev–Trinajstić information content (AvgIpc) is 3.82. The van der Waals surface area contributed by atoms with Crippen molar-refractivity contribution in [2.24, 2.45) is 22.4 Å². The summed E-state index contributed by atoms with van der Waals surface area (Å²) in [5, 5.41) is 28.1. The van der Waals surface area contributed by atoms with Gasteiger partial charge in [0.1, 0.15) is 24.7 Å². The van der Waals surface area contributed by atoms with Crippen molar-refractivity contribution in [2.75, 3.05) is 19.7 Å². The largest absolute Gasteiger partial charge is 0.480 e. The van der Waals surface area contributed by atoms with E-state index in [0.29, 0.717) is 6.42 Å². The fourth-order valence-electron chi connectivity index (χ4n) is 7.69. The first-order valence-corrected chi connectivity index (χ1v) is 20.3. The van der Waals surface area contributed by atoms with Gasteiger partial charge in [0.2, 0.25) is 17.7 Å². The summed E-state index contributed by atoms with van der Waals surface area (Å²) in [6.07, 6.45) is 2.96. The number of nitrogens with one attached hydrogen (secondary N) is 3. The summed E-state index contributed by atoms with van der Waals surface area (Å²) in [5.74, 6) is -4.96. The molecule has 16 heteroatoms. The highest BCUT2D eigenvalue weighted by atomic mass is 16.5. The van der Waals surface area contributed by atoms with Crippen molar-refractivity contribution in [3.63, 3.8) is 0 Å². The maximum Gasteiger partial charge on any atom is 0.407 e. The van der Waals surface area contributed by atoms with Crippen LogP contribution in [0.4, 0.5) is 4.79 Å². The van der Waals surface area contributed by atoms with Crippen LogP contribution in [-0.4, -0.2) is 106 Å². The van der Waals surface area contributed by atoms with Crippen molar-refractivity contribution >= 4 is 41.5 Å². The number of carboxylic acids is 1. The molecular formula is C45H63N7O9. The molecule has 1 fully saturated rings. The van der Waals surface area contributed by atoms with Crippen molar-refractivity contribution in [3.8, 4) is 11.1 Å². The van der Waals surface area contributed by atoms with E-state index in [9.17, 15) is 39.0 Å². The van der Waals surface area contributed by atoms with E-state index in [1.807, 2.05) is 48.5 Å². The lowest BCUT2D eigenvalue weighted by atomic mass is 9.89. The number of benzene rings is 2. The molecule has 0 saturated carbocycles. The number of amides is 4. The molecule has 0 aromatic heterocycles. The number of aliphatic carboxylic acids is 1. The van der Waals surface area contributed by atoms with E-state index in [-0.39, 0.29) is 90.4 Å². The first-order chi connectivity index (χ1) is 28.5. The number of likely N-dealkylation sites (tertiary alicyclic amines) is 1. The Kier molecular flexibility index (Phi) is 18.7. The van der Waals surface area contributed by atoms with Crippen molar-refractivity contribution in [1.82, 2.24) is 20.9 Å². The molecule has 9 N–H and O–H groups in total. The number of alkyl carbamates (subject to hydrolysis) is 1. The second-order valence-corrected chi connectivity index (χ2v) is 15.9. The number of carbonyl (C=O) groups excluding carboxylic acids is 5. The number of aliphatic imine (C=N–C) groups is 1. The van der Waals surface area contributed by atoms with Gasteiger partial charge >= 0.3 is 12.1 Å². The fourth-order valence-corrected chi connectivity index (χ4v) is 7.69. The molecule has 4 amide bonds. The Bertz CT molecular complexity index is 1880. The van der Waals surface area contributed by atoms with E-state index < -0.39 is 71.3 Å². The van der Waals surface area contributed by atoms with Crippen molar-refractivity contribution in [1.29, 1.82) is 0 Å². The highest BCUT2D eigenvalue weighted by Gasteiger charge is 2.40. The molecule has 61 heavy (non-hydrogen) atoms. The van der Waals surface area contributed by atoms with Crippen molar-refractivity contribution in [3.05, 3.63) is 85.0 Å². The highest BCUT2D eigenvalue weighted by Crippen LogP contribution is 2.44. The van der Waals surface area contributed by atoms with Crippen LogP contribution in [-0.2, 0) is 28.7 Å². The van der Waals surface area contributed by atoms with Gasteiger partial charge in [-0.05, 0) is 87.5 Å². The zero-order chi connectivity index (χ0) is 44.0. The van der Waals surface area contributed by atoms with Crippen LogP contribution >= 0.6 is 0 Å². The zero-order valence-corrected chi connectivity index (χ0v) is 34.4. The number of nitrogens with zero attached hydrogens (tertiary/aromatic N) is 2. The molecule has 1 aliphatic carbocycles. The Morgan fingerprint density at radius 2 is 1.52 bits per heavy atom. The van der Waals surface area contributed by atoms with Crippen LogP contribution in [0.3, 0.4) is 0 Å². The summed E-state index contributed by atoms with van der Waals surface area (Å²) < 4.78 is 5.70. The number of nitrogens with two attached hydrogens (primary N) is 2. The third-order valence-electron chi connectivity index (χ3n) is 10.8. The molecule has 1 heterocycles. The molecule has 5 atom stereocenters. The summed E-state index contributed by atoms with van der Waals surface area (Å²) >= 11 is 0. The van der Waals surface area contributed by atoms with E-state index in [2.05, 4.69) is 34.1 Å². The highest BCUT2D eigenvalue weighted by molar-refractivity contribution is 5.96. The van der Waals surface area contributed by atoms with E-state index in [1.165, 1.54) is 17.1 Å². The first-order valence-electron chi connectivity index (χ1n) is 20.3. The van der Waals surface area contributed by atoms with Gasteiger partial charge in [-0.1, -0.05) is 68.1 Å². The van der Waals surface area contributed by atoms with Gasteiger partial charge in [-0.3, -0.25) is 24.2 Å². The standard InChI is InChI=1S/C44H59N7O9.CH4/c1-5-13-34(50-43(58)60-26-32-30-18-9-7-16-28(30)29-17-8-10-19-31(29)32)40(55)51-24-12-20-36(51)39(54)48-33(21-22-44(3,4)59)37(52)25-27(15-11-23-47-42(45)46)38(53)49-35(14-6-2)41(56)57;/h5-10,16-19,27,32-36,59H,1-2,11-15,20-26H2,3-4H3,(H,48,54)(H,49,53)(H,50,58)(H,56,57)(H4,45,46,47);1H4/t27-,33+,34+,35+,36?;/m1./s1. The summed E-state index contributed by atoms with van der Waals surface area (Å²) in [6, 6.07) is 11.3. The molecule has 0 spiro atoms. The number of carboxylic acid groups (broad SMARTS) is 1. The number of carbonyl (C=O) groups is 6. The number of rotatable bonds is 23. The monoisotopic (exact) mass is 845 g/mol. The van der Waals surface area contributed by atoms with E-state index in [4.69, 9.17) is 16.2 Å². The summed E-state index contributed by atoms with van der Waals surface area (Å²) in [4.78, 5) is 85.8. The van der Waals surface area contributed by atoms with Crippen LogP contribution in [0.15, 0.2) is 78.8 Å². The number of ketones is 1. The first kappa shape index (κ1) is 49.3. The maximum absolute atomic E-state index is 14.0. The van der Waals surface area contributed by atoms with Gasteiger partial charge in [0.25, 0.3) is 0 Å². The maximum atomic E-state index is 14.0. The minimum Gasteiger partial charge on any atom is -0.480 e. The van der Waals surface area contributed by atoms with Crippen molar-refractivity contribution < 1.29 is 43.7 Å². The molecule has 2 aromatic carbocycles. The molecule has 2 aromatic rings. The van der Waals surface area contributed by atoms with Gasteiger partial charge in [-0.2, -0.15) is 0 Å². The summed E-state index contributed by atoms with van der Waals surface area (Å²) in [5.41, 5.74) is 13.9. The molecular weight excluding hydrogens is 783 g/mol. The van der Waals surface area contributed by atoms with Crippen LogP contribution in [0.1, 0.15) is 96.1 Å². The molecule has 332 valence electrons. The number of Topliss-reactive ketones (excluding diaryl/α,β-unsaturated/α-hetero) is 1. The average molecular weight is 846 g/mol. The predicted octanol–water partition coefficient (Wildman–Crippen LogP) is 3.91. The van der Waals surface area contributed by atoms with Gasteiger partial charge in [0.05, 0.1) is 11.6 Å². The number of aliphatic hydroxyl groups is 1. The van der Waals surface area contributed by atoms with Crippen LogP contribution < -0.4 is 27.4 Å². The van der Waals surface area contributed by atoms with E-state index in [1.54, 1.807) is 13.8 Å². The van der Waals surface area contributed by atoms with E-state index >= 15 is 0 Å². The summed E-state index contributed by atoms with van der Waals surface area (Å²) in [7, 11) is 0. The smallest absolute Gasteiger partial charge is 0.407 e. The topological polar surface area (TPSA) is 256 Å². The van der Waals surface area contributed by atoms with Gasteiger partial charge in [0, 0.05) is 31.3 Å². The van der Waals surface area contributed by atoms with Crippen LogP contribution in [0.25, 0.3) is 11.1 Å². The molecule has 0 bridgehead atoms. The van der Waals surface area contributed by atoms with Gasteiger partial charge in [-0.25, -0.2) is 9.59 Å². The Hall–Kier alpha value is -6.03. The second kappa shape index (κ2) is 23.1. The Balaban J connectivity index is 0.00000992. The van der Waals surface area contributed by atoms with Gasteiger partial charge in [0.15, 0.2) is 11.7 Å². The second-order valence-electron chi connectivity index (χ2n) is 15.9. The number of fused-ring (bicyclic) bond motifs is 3. The Labute approximate surface area is 358 Å². The third kappa shape index (κ3) is 14.0. The van der Waals surface area contributed by atoms with Crippen LogP contribution in [0.5, 0.6) is 0 Å². The quantitative estimate of drug-likeness (QED) is 0.0365. The van der Waals surface area contributed by atoms with Gasteiger partial charge < -0.3 is 47.3 Å². The lowest BCUT2D eigenvalue weighted by Gasteiger charge is -2.30. The lowest BCUT2D eigenvalue weighted by Crippen LogP contribution is -2.55. The van der Waals surface area contributed by atoms with Crippen LogP contribution in [0.2, 0.25) is 0 Å². The number of guanidine groups is 1.